The summed E-state index contributed by atoms with van der Waals surface area (Å²) in [6.07, 6.45) is 3.74. The maximum atomic E-state index is 6.33. The zero-order valence-electron chi connectivity index (χ0n) is 13.3. The van der Waals surface area contributed by atoms with E-state index in [1.165, 1.54) is 16.7 Å². The SMILES string of the molecule is CCCNC(Cc1cc(C)ccc1C)c1c(Cl)cnn1C. The molecule has 1 aromatic heterocycles. The van der Waals surface area contributed by atoms with Crippen LogP contribution in [0.15, 0.2) is 24.4 Å². The summed E-state index contributed by atoms with van der Waals surface area (Å²) in [7, 11) is 1.95. The first kappa shape index (κ1) is 16.1. The summed E-state index contributed by atoms with van der Waals surface area (Å²) in [4.78, 5) is 0. The topological polar surface area (TPSA) is 29.9 Å². The number of aryl methyl sites for hydroxylation is 3. The van der Waals surface area contributed by atoms with Gasteiger partial charge in [0.2, 0.25) is 0 Å². The van der Waals surface area contributed by atoms with Gasteiger partial charge in [0.25, 0.3) is 0 Å². The summed E-state index contributed by atoms with van der Waals surface area (Å²) < 4.78 is 1.88. The number of aromatic nitrogens is 2. The van der Waals surface area contributed by atoms with E-state index in [4.69, 9.17) is 11.6 Å². The van der Waals surface area contributed by atoms with Crippen LogP contribution in [-0.2, 0) is 13.5 Å². The Morgan fingerprint density at radius 2 is 2.10 bits per heavy atom. The van der Waals surface area contributed by atoms with Gasteiger partial charge in [0, 0.05) is 7.05 Å². The van der Waals surface area contributed by atoms with Crippen LogP contribution in [0.3, 0.4) is 0 Å². The molecule has 0 aliphatic heterocycles. The van der Waals surface area contributed by atoms with Crippen LogP contribution in [0.4, 0.5) is 0 Å². The minimum Gasteiger partial charge on any atom is -0.308 e. The van der Waals surface area contributed by atoms with Crippen LogP contribution < -0.4 is 5.32 Å². The van der Waals surface area contributed by atoms with E-state index in [0.29, 0.717) is 0 Å². The molecule has 21 heavy (non-hydrogen) atoms. The molecule has 4 heteroatoms. The molecular weight excluding hydrogens is 282 g/mol. The maximum absolute atomic E-state index is 6.33. The Bertz CT molecular complexity index is 585. The van der Waals surface area contributed by atoms with E-state index in [0.717, 1.165) is 30.1 Å². The molecule has 0 radical (unpaired) electrons. The maximum Gasteiger partial charge on any atom is 0.0834 e. The van der Waals surface area contributed by atoms with Crippen LogP contribution in [0.1, 0.15) is 41.8 Å². The Balaban J connectivity index is 2.30. The highest BCUT2D eigenvalue weighted by molar-refractivity contribution is 6.31. The number of nitrogens with one attached hydrogen (secondary N) is 1. The zero-order chi connectivity index (χ0) is 15.4. The molecule has 0 saturated heterocycles. The molecule has 0 fully saturated rings. The Kier molecular flexibility index (Phi) is 5.43. The fourth-order valence-electron chi connectivity index (χ4n) is 2.64. The highest BCUT2D eigenvalue weighted by Crippen LogP contribution is 2.26. The van der Waals surface area contributed by atoms with Crippen LogP contribution >= 0.6 is 11.6 Å². The largest absolute Gasteiger partial charge is 0.308 e. The third kappa shape index (κ3) is 3.86. The fourth-order valence-corrected chi connectivity index (χ4v) is 2.93. The smallest absolute Gasteiger partial charge is 0.0834 e. The van der Waals surface area contributed by atoms with Gasteiger partial charge in [-0.2, -0.15) is 5.10 Å². The van der Waals surface area contributed by atoms with E-state index >= 15 is 0 Å². The molecule has 114 valence electrons. The summed E-state index contributed by atoms with van der Waals surface area (Å²) in [5.74, 6) is 0. The third-order valence-electron chi connectivity index (χ3n) is 3.84. The standard InChI is InChI=1S/C17H24ClN3/c1-5-8-19-16(17-15(18)11-20-21(17)4)10-14-9-12(2)6-7-13(14)3/h6-7,9,11,16,19H,5,8,10H2,1-4H3. The normalized spacial score (nSPS) is 12.6. The molecule has 0 aliphatic carbocycles. The van der Waals surface area contributed by atoms with E-state index in [9.17, 15) is 0 Å². The van der Waals surface area contributed by atoms with Crippen molar-refractivity contribution in [3.05, 3.63) is 51.8 Å². The van der Waals surface area contributed by atoms with E-state index in [-0.39, 0.29) is 6.04 Å². The summed E-state index contributed by atoms with van der Waals surface area (Å²) in [5, 5.41) is 8.61. The van der Waals surface area contributed by atoms with Crippen LogP contribution in [0.25, 0.3) is 0 Å². The average Bonchev–Trinajstić information content (AvgIpc) is 2.78. The Morgan fingerprint density at radius 1 is 1.33 bits per heavy atom. The molecule has 2 aromatic rings. The second-order valence-electron chi connectivity index (χ2n) is 5.64. The van der Waals surface area contributed by atoms with Gasteiger partial charge in [0.15, 0.2) is 0 Å². The number of rotatable bonds is 6. The molecule has 0 spiro atoms. The summed E-state index contributed by atoms with van der Waals surface area (Å²) >= 11 is 6.33. The molecule has 1 atom stereocenters. The van der Waals surface area contributed by atoms with Crippen molar-refractivity contribution >= 4 is 11.6 Å². The second kappa shape index (κ2) is 7.10. The van der Waals surface area contributed by atoms with Gasteiger partial charge in [-0.3, -0.25) is 4.68 Å². The molecule has 0 bridgehead atoms. The first-order chi connectivity index (χ1) is 10.0. The van der Waals surface area contributed by atoms with Crippen LogP contribution in [0.2, 0.25) is 5.02 Å². The molecule has 0 saturated carbocycles. The zero-order valence-corrected chi connectivity index (χ0v) is 14.0. The quantitative estimate of drug-likeness (QED) is 0.875. The first-order valence-corrected chi connectivity index (χ1v) is 7.87. The van der Waals surface area contributed by atoms with Gasteiger partial charge in [-0.15, -0.1) is 0 Å². The van der Waals surface area contributed by atoms with Gasteiger partial charge in [0.1, 0.15) is 0 Å². The monoisotopic (exact) mass is 305 g/mol. The van der Waals surface area contributed by atoms with Crippen LogP contribution in [-0.4, -0.2) is 16.3 Å². The second-order valence-corrected chi connectivity index (χ2v) is 6.05. The summed E-state index contributed by atoms with van der Waals surface area (Å²) in [6, 6.07) is 6.79. The van der Waals surface area contributed by atoms with Crippen molar-refractivity contribution in [2.75, 3.05) is 6.54 Å². The molecule has 0 aliphatic rings. The fraction of sp³-hybridized carbons (Fsp3) is 0.471. The van der Waals surface area contributed by atoms with Crippen molar-refractivity contribution in [3.8, 4) is 0 Å². The average molecular weight is 306 g/mol. The Labute approximate surface area is 132 Å². The Morgan fingerprint density at radius 3 is 2.71 bits per heavy atom. The lowest BCUT2D eigenvalue weighted by atomic mass is 9.97. The summed E-state index contributed by atoms with van der Waals surface area (Å²) in [5.41, 5.74) is 5.04. The first-order valence-electron chi connectivity index (χ1n) is 7.49. The number of halogens is 1. The van der Waals surface area contributed by atoms with Crippen molar-refractivity contribution in [2.24, 2.45) is 7.05 Å². The van der Waals surface area contributed by atoms with Gasteiger partial charge in [0.05, 0.1) is 23.0 Å². The predicted octanol–water partition coefficient (Wildman–Crippen LogP) is 3.97. The predicted molar refractivity (Wildman–Crippen MR) is 88.9 cm³/mol. The lowest BCUT2D eigenvalue weighted by Gasteiger charge is -2.21. The highest BCUT2D eigenvalue weighted by atomic mass is 35.5. The molecule has 1 unspecified atom stereocenters. The molecule has 1 aromatic carbocycles. The van der Waals surface area contributed by atoms with Gasteiger partial charge in [-0.05, 0) is 44.4 Å². The van der Waals surface area contributed by atoms with E-state index < -0.39 is 0 Å². The van der Waals surface area contributed by atoms with Crippen molar-refractivity contribution in [1.29, 1.82) is 0 Å². The van der Waals surface area contributed by atoms with Gasteiger partial charge >= 0.3 is 0 Å². The number of hydrogen-bond donors (Lipinski definition) is 1. The van der Waals surface area contributed by atoms with Gasteiger partial charge in [-0.25, -0.2) is 0 Å². The van der Waals surface area contributed by atoms with Crippen molar-refractivity contribution in [1.82, 2.24) is 15.1 Å². The molecule has 1 N–H and O–H groups in total. The van der Waals surface area contributed by atoms with Crippen molar-refractivity contribution in [3.63, 3.8) is 0 Å². The highest BCUT2D eigenvalue weighted by Gasteiger charge is 2.19. The lowest BCUT2D eigenvalue weighted by Crippen LogP contribution is -2.26. The van der Waals surface area contributed by atoms with Crippen molar-refractivity contribution in [2.45, 2.75) is 39.7 Å². The van der Waals surface area contributed by atoms with Crippen molar-refractivity contribution < 1.29 is 0 Å². The minimum absolute atomic E-state index is 0.186. The molecule has 0 amide bonds. The number of nitrogens with zero attached hydrogens (tertiary/aromatic N) is 2. The molecular formula is C17H24ClN3. The Hall–Kier alpha value is -1.32. The number of hydrogen-bond acceptors (Lipinski definition) is 2. The van der Waals surface area contributed by atoms with Crippen LogP contribution in [0, 0.1) is 13.8 Å². The molecule has 1 heterocycles. The third-order valence-corrected chi connectivity index (χ3v) is 4.13. The minimum atomic E-state index is 0.186. The van der Waals surface area contributed by atoms with Crippen LogP contribution in [0.5, 0.6) is 0 Å². The number of benzene rings is 1. The summed E-state index contributed by atoms with van der Waals surface area (Å²) in [6.45, 7) is 7.44. The molecule has 2 rings (SSSR count). The van der Waals surface area contributed by atoms with Gasteiger partial charge < -0.3 is 5.32 Å². The molecule has 3 nitrogen and oxygen atoms in total. The van der Waals surface area contributed by atoms with Gasteiger partial charge in [-0.1, -0.05) is 42.3 Å². The van der Waals surface area contributed by atoms with E-state index in [1.54, 1.807) is 6.20 Å². The lowest BCUT2D eigenvalue weighted by molar-refractivity contribution is 0.493. The van der Waals surface area contributed by atoms with E-state index in [2.05, 4.69) is 49.4 Å². The van der Waals surface area contributed by atoms with E-state index in [1.807, 2.05) is 11.7 Å².